The molecule has 2 rings (SSSR count). The summed E-state index contributed by atoms with van der Waals surface area (Å²) in [5, 5.41) is 9.28. The minimum Gasteiger partial charge on any atom is -0.392 e. The molecule has 0 aromatic heterocycles. The molecular weight excluding hydrogens is 286 g/mol. The Morgan fingerprint density at radius 3 is 2.71 bits per heavy atom. The topological polar surface area (TPSA) is 66.4 Å². The van der Waals surface area contributed by atoms with Gasteiger partial charge < -0.3 is 5.11 Å². The van der Waals surface area contributed by atoms with Gasteiger partial charge in [0, 0.05) is 6.04 Å². The Morgan fingerprint density at radius 1 is 1.38 bits per heavy atom. The van der Waals surface area contributed by atoms with Gasteiger partial charge in [0.15, 0.2) is 0 Å². The summed E-state index contributed by atoms with van der Waals surface area (Å²) in [6, 6.07) is 5.02. The predicted octanol–water partition coefficient (Wildman–Crippen LogP) is 2.73. The van der Waals surface area contributed by atoms with Gasteiger partial charge in [-0.1, -0.05) is 32.4 Å². The van der Waals surface area contributed by atoms with Gasteiger partial charge in [0.05, 0.1) is 11.5 Å². The first kappa shape index (κ1) is 16.5. The van der Waals surface area contributed by atoms with E-state index in [-0.39, 0.29) is 23.0 Å². The second kappa shape index (κ2) is 6.07. The van der Waals surface area contributed by atoms with Gasteiger partial charge in [0.1, 0.15) is 0 Å². The van der Waals surface area contributed by atoms with Crippen molar-refractivity contribution in [3.63, 3.8) is 0 Å². The van der Waals surface area contributed by atoms with Crippen molar-refractivity contribution in [1.82, 2.24) is 4.72 Å². The summed E-state index contributed by atoms with van der Waals surface area (Å²) in [5.74, 6) is 0. The third-order valence-corrected chi connectivity index (χ3v) is 6.05. The zero-order valence-corrected chi connectivity index (χ0v) is 13.8. The van der Waals surface area contributed by atoms with E-state index < -0.39 is 10.0 Å². The van der Waals surface area contributed by atoms with Crippen LogP contribution in [0.15, 0.2) is 23.1 Å². The molecule has 0 amide bonds. The SMILES string of the molecule is Cc1c(CO)cccc1S(=O)(=O)NC1CCCC(C)(C)C1. The molecule has 1 aliphatic rings. The number of rotatable bonds is 4. The summed E-state index contributed by atoms with van der Waals surface area (Å²) in [5.41, 5.74) is 1.47. The van der Waals surface area contributed by atoms with Crippen LogP contribution < -0.4 is 4.72 Å². The van der Waals surface area contributed by atoms with E-state index in [0.29, 0.717) is 11.1 Å². The number of benzene rings is 1. The Hall–Kier alpha value is -0.910. The lowest BCUT2D eigenvalue weighted by Crippen LogP contribution is -2.40. The molecule has 0 bridgehead atoms. The highest BCUT2D eigenvalue weighted by molar-refractivity contribution is 7.89. The van der Waals surface area contributed by atoms with E-state index in [0.717, 1.165) is 25.7 Å². The van der Waals surface area contributed by atoms with Crippen LogP contribution in [-0.4, -0.2) is 19.6 Å². The van der Waals surface area contributed by atoms with Crippen molar-refractivity contribution in [2.45, 2.75) is 64.0 Å². The first-order valence-electron chi connectivity index (χ1n) is 7.47. The summed E-state index contributed by atoms with van der Waals surface area (Å²) in [7, 11) is -3.53. The van der Waals surface area contributed by atoms with Gasteiger partial charge in [-0.25, -0.2) is 13.1 Å². The number of nitrogens with one attached hydrogen (secondary N) is 1. The van der Waals surface area contributed by atoms with Crippen LogP contribution in [0.5, 0.6) is 0 Å². The molecule has 0 aliphatic heterocycles. The maximum absolute atomic E-state index is 12.6. The fourth-order valence-corrected chi connectivity index (χ4v) is 4.76. The molecule has 1 aromatic rings. The van der Waals surface area contributed by atoms with E-state index in [1.165, 1.54) is 0 Å². The van der Waals surface area contributed by atoms with Crippen LogP contribution >= 0.6 is 0 Å². The van der Waals surface area contributed by atoms with E-state index in [9.17, 15) is 13.5 Å². The summed E-state index contributed by atoms with van der Waals surface area (Å²) in [6.07, 6.45) is 3.95. The van der Waals surface area contributed by atoms with Crippen LogP contribution in [0.3, 0.4) is 0 Å². The van der Waals surface area contributed by atoms with Crippen molar-refractivity contribution in [2.24, 2.45) is 5.41 Å². The average Bonchev–Trinajstić information content (AvgIpc) is 2.37. The highest BCUT2D eigenvalue weighted by atomic mass is 32.2. The Balaban J connectivity index is 2.23. The minimum absolute atomic E-state index is 0.00377. The van der Waals surface area contributed by atoms with Gasteiger partial charge >= 0.3 is 0 Å². The molecule has 1 saturated carbocycles. The van der Waals surface area contributed by atoms with Crippen molar-refractivity contribution < 1.29 is 13.5 Å². The van der Waals surface area contributed by atoms with Crippen LogP contribution in [-0.2, 0) is 16.6 Å². The quantitative estimate of drug-likeness (QED) is 0.898. The second-order valence-corrected chi connectivity index (χ2v) is 8.46. The fraction of sp³-hybridized carbons (Fsp3) is 0.625. The van der Waals surface area contributed by atoms with Crippen LogP contribution in [0.1, 0.15) is 50.7 Å². The standard InChI is InChI=1S/C16H25NO3S/c1-12-13(11-18)6-4-8-15(12)21(19,20)17-14-7-5-9-16(2,3)10-14/h4,6,8,14,17-18H,5,7,9-11H2,1-3H3. The van der Waals surface area contributed by atoms with Crippen LogP contribution in [0, 0.1) is 12.3 Å². The molecule has 1 fully saturated rings. The number of aliphatic hydroxyl groups excluding tert-OH is 1. The Labute approximate surface area is 127 Å². The first-order chi connectivity index (χ1) is 9.75. The summed E-state index contributed by atoms with van der Waals surface area (Å²) < 4.78 is 28.1. The highest BCUT2D eigenvalue weighted by Crippen LogP contribution is 2.35. The number of aliphatic hydroxyl groups is 1. The maximum Gasteiger partial charge on any atom is 0.241 e. The van der Waals surface area contributed by atoms with Crippen LogP contribution in [0.4, 0.5) is 0 Å². The summed E-state index contributed by atoms with van der Waals surface area (Å²) >= 11 is 0. The molecule has 1 atom stereocenters. The molecule has 1 unspecified atom stereocenters. The molecule has 118 valence electrons. The monoisotopic (exact) mass is 311 g/mol. The molecule has 4 nitrogen and oxygen atoms in total. The van der Waals surface area contributed by atoms with Gasteiger partial charge in [-0.3, -0.25) is 0 Å². The zero-order valence-electron chi connectivity index (χ0n) is 13.0. The van der Waals surface area contributed by atoms with Gasteiger partial charge in [0.2, 0.25) is 10.0 Å². The molecule has 21 heavy (non-hydrogen) atoms. The Kier molecular flexibility index (Phi) is 4.76. The number of hydrogen-bond acceptors (Lipinski definition) is 3. The molecule has 1 aromatic carbocycles. The zero-order chi connectivity index (χ0) is 15.7. The van der Waals surface area contributed by atoms with Crippen molar-refractivity contribution in [1.29, 1.82) is 0 Å². The normalized spacial score (nSPS) is 22.2. The van der Waals surface area contributed by atoms with Crippen LogP contribution in [0.25, 0.3) is 0 Å². The predicted molar refractivity (Wildman–Crippen MR) is 83.5 cm³/mol. The largest absolute Gasteiger partial charge is 0.392 e. The van der Waals surface area contributed by atoms with Crippen molar-refractivity contribution in [3.05, 3.63) is 29.3 Å². The molecule has 0 radical (unpaired) electrons. The Morgan fingerprint density at radius 2 is 2.10 bits per heavy atom. The Bertz CT molecular complexity index is 608. The van der Waals surface area contributed by atoms with E-state index >= 15 is 0 Å². The van der Waals surface area contributed by atoms with E-state index in [2.05, 4.69) is 18.6 Å². The van der Waals surface area contributed by atoms with Gasteiger partial charge in [-0.15, -0.1) is 0 Å². The molecule has 0 heterocycles. The molecule has 5 heteroatoms. The van der Waals surface area contributed by atoms with Crippen molar-refractivity contribution >= 4 is 10.0 Å². The van der Waals surface area contributed by atoms with Gasteiger partial charge in [-0.05, 0) is 48.8 Å². The molecular formula is C16H25NO3S. The lowest BCUT2D eigenvalue weighted by atomic mass is 9.75. The molecule has 2 N–H and O–H groups in total. The minimum atomic E-state index is -3.53. The molecule has 1 aliphatic carbocycles. The number of sulfonamides is 1. The van der Waals surface area contributed by atoms with Crippen molar-refractivity contribution in [3.8, 4) is 0 Å². The van der Waals surface area contributed by atoms with Gasteiger partial charge in [0.25, 0.3) is 0 Å². The average molecular weight is 311 g/mol. The summed E-state index contributed by atoms with van der Waals surface area (Å²) in [6.45, 7) is 5.97. The lowest BCUT2D eigenvalue weighted by Gasteiger charge is -2.35. The highest BCUT2D eigenvalue weighted by Gasteiger charge is 2.31. The third kappa shape index (κ3) is 3.84. The smallest absolute Gasteiger partial charge is 0.241 e. The van der Waals surface area contributed by atoms with E-state index in [4.69, 9.17) is 0 Å². The van der Waals surface area contributed by atoms with E-state index in [1.54, 1.807) is 25.1 Å². The molecule has 0 spiro atoms. The lowest BCUT2D eigenvalue weighted by molar-refractivity contribution is 0.212. The second-order valence-electron chi connectivity index (χ2n) is 6.78. The number of hydrogen-bond donors (Lipinski definition) is 2. The van der Waals surface area contributed by atoms with Crippen LogP contribution in [0.2, 0.25) is 0 Å². The molecule has 0 saturated heterocycles. The van der Waals surface area contributed by atoms with Gasteiger partial charge in [-0.2, -0.15) is 0 Å². The van der Waals surface area contributed by atoms with E-state index in [1.807, 2.05) is 0 Å². The summed E-state index contributed by atoms with van der Waals surface area (Å²) in [4.78, 5) is 0.275. The van der Waals surface area contributed by atoms with Crippen molar-refractivity contribution in [2.75, 3.05) is 0 Å². The third-order valence-electron chi connectivity index (χ3n) is 4.38. The fourth-order valence-electron chi connectivity index (χ4n) is 3.20. The maximum atomic E-state index is 12.6. The first-order valence-corrected chi connectivity index (χ1v) is 8.95.